The van der Waals surface area contributed by atoms with E-state index in [1.807, 2.05) is 45.0 Å². The number of ketones is 1. The molecule has 0 saturated carbocycles. The van der Waals surface area contributed by atoms with Gasteiger partial charge in [0.25, 0.3) is 0 Å². The van der Waals surface area contributed by atoms with Crippen molar-refractivity contribution in [2.75, 3.05) is 11.9 Å². The topological polar surface area (TPSA) is 41.5 Å². The van der Waals surface area contributed by atoms with Crippen LogP contribution in [-0.2, 0) is 0 Å². The third-order valence-electron chi connectivity index (χ3n) is 2.00. The minimum absolute atomic E-state index is 0.0694. The van der Waals surface area contributed by atoms with Crippen LogP contribution in [0, 0.1) is 0 Å². The maximum Gasteiger partial charge on any atom is 0.186 e. The number of fused-ring (bicyclic) bond motifs is 1. The highest BCUT2D eigenvalue weighted by Crippen LogP contribution is 2.17. The number of Topliss-reactive ketones (excluding diaryl/α,β-unsaturated/α-hetero) is 1. The fourth-order valence-corrected chi connectivity index (χ4v) is 1.35. The van der Waals surface area contributed by atoms with Gasteiger partial charge in [0.2, 0.25) is 0 Å². The molecule has 3 heteroatoms. The number of hydrogen-bond acceptors (Lipinski definition) is 3. The first kappa shape index (κ1) is 11.4. The lowest BCUT2D eigenvalue weighted by atomic mass is 10.1. The number of nitrogens with one attached hydrogen (secondary N) is 1. The highest BCUT2D eigenvalue weighted by atomic mass is 16.1. The lowest BCUT2D eigenvalue weighted by Gasteiger charge is -2.05. The van der Waals surface area contributed by atoms with Gasteiger partial charge in [-0.1, -0.05) is 26.0 Å². The molecular formula is C12H16N2O. The Balaban J connectivity index is 0.000000531. The number of amidine groups is 1. The monoisotopic (exact) mass is 204 g/mol. The molecule has 1 aromatic carbocycles. The second-order valence-corrected chi connectivity index (χ2v) is 3.00. The van der Waals surface area contributed by atoms with Crippen LogP contribution in [0.25, 0.3) is 0 Å². The van der Waals surface area contributed by atoms with Crippen molar-refractivity contribution in [3.05, 3.63) is 29.8 Å². The number of para-hydroxylation sites is 1. The summed E-state index contributed by atoms with van der Waals surface area (Å²) in [5, 5.41) is 3.08. The highest BCUT2D eigenvalue weighted by molar-refractivity contribution is 6.09. The molecule has 0 spiro atoms. The van der Waals surface area contributed by atoms with Crippen molar-refractivity contribution in [3.63, 3.8) is 0 Å². The fourth-order valence-electron chi connectivity index (χ4n) is 1.35. The molecule has 0 saturated heterocycles. The molecule has 0 atom stereocenters. The Kier molecular flexibility index (Phi) is 4.03. The molecule has 1 aliphatic heterocycles. The van der Waals surface area contributed by atoms with E-state index in [9.17, 15) is 4.79 Å². The molecule has 15 heavy (non-hydrogen) atoms. The number of nitrogens with zero attached hydrogens (tertiary/aromatic N) is 1. The normalized spacial score (nSPS) is 13.8. The number of benzene rings is 1. The van der Waals surface area contributed by atoms with Gasteiger partial charge in [0.05, 0.1) is 11.5 Å². The van der Waals surface area contributed by atoms with E-state index in [2.05, 4.69) is 10.3 Å². The Morgan fingerprint density at radius 3 is 2.67 bits per heavy atom. The third-order valence-corrected chi connectivity index (χ3v) is 2.00. The molecule has 80 valence electrons. The molecular weight excluding hydrogens is 188 g/mol. The highest BCUT2D eigenvalue weighted by Gasteiger charge is 2.13. The zero-order chi connectivity index (χ0) is 11.3. The summed E-state index contributed by atoms with van der Waals surface area (Å²) in [6.45, 7) is 6.10. The zero-order valence-electron chi connectivity index (χ0n) is 9.37. The number of carbonyl (C=O) groups excluding carboxylic acids is 1. The summed E-state index contributed by atoms with van der Waals surface area (Å²) in [6, 6.07) is 7.47. The lowest BCUT2D eigenvalue weighted by molar-refractivity contribution is 0.100. The number of hydrogen-bond donors (Lipinski definition) is 1. The summed E-state index contributed by atoms with van der Waals surface area (Å²) < 4.78 is 0. The van der Waals surface area contributed by atoms with E-state index < -0.39 is 0 Å². The first-order valence-corrected chi connectivity index (χ1v) is 5.17. The van der Waals surface area contributed by atoms with E-state index >= 15 is 0 Å². The van der Waals surface area contributed by atoms with Crippen LogP contribution in [0.5, 0.6) is 0 Å². The molecule has 0 bridgehead atoms. The lowest BCUT2D eigenvalue weighted by Crippen LogP contribution is -2.06. The van der Waals surface area contributed by atoms with Gasteiger partial charge in [-0.3, -0.25) is 9.79 Å². The predicted octanol–water partition coefficient (Wildman–Crippen LogP) is 2.74. The van der Waals surface area contributed by atoms with Crippen LogP contribution < -0.4 is 5.32 Å². The molecule has 1 aromatic rings. The van der Waals surface area contributed by atoms with Gasteiger partial charge in [-0.25, -0.2) is 0 Å². The van der Waals surface area contributed by atoms with Crippen molar-refractivity contribution in [3.8, 4) is 0 Å². The Labute approximate surface area is 90.2 Å². The van der Waals surface area contributed by atoms with Crippen molar-refractivity contribution >= 4 is 17.3 Å². The Bertz CT molecular complexity index is 383. The molecule has 2 rings (SSSR count). The van der Waals surface area contributed by atoms with Gasteiger partial charge in [-0.05, 0) is 19.1 Å². The number of aliphatic imine (C=N–C) groups is 1. The van der Waals surface area contributed by atoms with Crippen LogP contribution in [0.15, 0.2) is 29.3 Å². The molecule has 0 aromatic heterocycles. The van der Waals surface area contributed by atoms with Gasteiger partial charge in [0.15, 0.2) is 5.78 Å². The third kappa shape index (κ3) is 2.65. The van der Waals surface area contributed by atoms with Crippen LogP contribution in [0.4, 0.5) is 5.69 Å². The predicted molar refractivity (Wildman–Crippen MR) is 63.7 cm³/mol. The quantitative estimate of drug-likeness (QED) is 0.706. The average Bonchev–Trinajstić information content (AvgIpc) is 2.42. The van der Waals surface area contributed by atoms with E-state index in [1.54, 1.807) is 0 Å². The van der Waals surface area contributed by atoms with Gasteiger partial charge in [-0.15, -0.1) is 0 Å². The van der Waals surface area contributed by atoms with E-state index in [0.717, 1.165) is 17.1 Å². The van der Waals surface area contributed by atoms with Crippen LogP contribution in [0.3, 0.4) is 0 Å². The van der Waals surface area contributed by atoms with Crippen LogP contribution in [-0.4, -0.2) is 18.2 Å². The van der Waals surface area contributed by atoms with Crippen LogP contribution in [0.1, 0.15) is 31.1 Å². The van der Waals surface area contributed by atoms with Crippen LogP contribution in [0.2, 0.25) is 0 Å². The second-order valence-electron chi connectivity index (χ2n) is 3.00. The van der Waals surface area contributed by atoms with Gasteiger partial charge in [-0.2, -0.15) is 0 Å². The van der Waals surface area contributed by atoms with E-state index in [-0.39, 0.29) is 12.3 Å². The maximum absolute atomic E-state index is 11.5. The minimum Gasteiger partial charge on any atom is -0.344 e. The summed E-state index contributed by atoms with van der Waals surface area (Å²) in [6.07, 6.45) is 0. The molecule has 0 fully saturated rings. The fraction of sp³-hybridized carbons (Fsp3) is 0.333. The standard InChI is InChI=1S/C10H10N2O.C2H6/c1-7-11-6-10(13)8-4-2-3-5-9(8)12-7;1-2/h2-5H,6H2,1H3,(H,11,12);1-2H3. The van der Waals surface area contributed by atoms with Gasteiger partial charge < -0.3 is 5.32 Å². The van der Waals surface area contributed by atoms with Gasteiger partial charge in [0, 0.05) is 5.56 Å². The van der Waals surface area contributed by atoms with Gasteiger partial charge in [0.1, 0.15) is 6.54 Å². The summed E-state index contributed by atoms with van der Waals surface area (Å²) in [4.78, 5) is 15.6. The number of rotatable bonds is 0. The van der Waals surface area contributed by atoms with Gasteiger partial charge >= 0.3 is 0 Å². The molecule has 0 aliphatic carbocycles. The summed E-state index contributed by atoms with van der Waals surface area (Å²) in [5.74, 6) is 0.859. The largest absolute Gasteiger partial charge is 0.344 e. The number of anilines is 1. The van der Waals surface area contributed by atoms with Crippen molar-refractivity contribution < 1.29 is 4.79 Å². The Morgan fingerprint density at radius 2 is 1.93 bits per heavy atom. The molecule has 3 nitrogen and oxygen atoms in total. The molecule has 1 aliphatic rings. The minimum atomic E-state index is 0.0694. The number of carbonyl (C=O) groups is 1. The molecule has 0 unspecified atom stereocenters. The van der Waals surface area contributed by atoms with E-state index in [4.69, 9.17) is 0 Å². The second kappa shape index (κ2) is 5.29. The molecule has 0 amide bonds. The average molecular weight is 204 g/mol. The SMILES string of the molecule is CC.CC1=NCC(=O)c2ccccc2N1. The smallest absolute Gasteiger partial charge is 0.186 e. The Morgan fingerprint density at radius 1 is 1.27 bits per heavy atom. The first-order chi connectivity index (χ1) is 7.27. The molecule has 1 heterocycles. The zero-order valence-corrected chi connectivity index (χ0v) is 9.37. The first-order valence-electron chi connectivity index (χ1n) is 5.17. The summed E-state index contributed by atoms with van der Waals surface area (Å²) in [7, 11) is 0. The van der Waals surface area contributed by atoms with E-state index in [1.165, 1.54) is 0 Å². The summed E-state index contributed by atoms with van der Waals surface area (Å²) >= 11 is 0. The summed E-state index contributed by atoms with van der Waals surface area (Å²) in [5.41, 5.74) is 1.58. The Hall–Kier alpha value is -1.64. The molecule has 0 radical (unpaired) electrons. The van der Waals surface area contributed by atoms with Crippen molar-refractivity contribution in [1.29, 1.82) is 0 Å². The van der Waals surface area contributed by atoms with Crippen molar-refractivity contribution in [2.45, 2.75) is 20.8 Å². The molecule has 1 N–H and O–H groups in total. The van der Waals surface area contributed by atoms with Crippen molar-refractivity contribution in [1.82, 2.24) is 0 Å². The maximum atomic E-state index is 11.5. The van der Waals surface area contributed by atoms with E-state index in [0.29, 0.717) is 0 Å². The van der Waals surface area contributed by atoms with Crippen molar-refractivity contribution in [2.24, 2.45) is 4.99 Å². The van der Waals surface area contributed by atoms with Crippen LogP contribution >= 0.6 is 0 Å².